The molecular weight excluding hydrogens is 194 g/mol. The van der Waals surface area contributed by atoms with Gasteiger partial charge in [-0.05, 0) is 11.8 Å². The lowest BCUT2D eigenvalue weighted by Gasteiger charge is -2.22. The van der Waals surface area contributed by atoms with Crippen LogP contribution in [0.25, 0.3) is 0 Å². The van der Waals surface area contributed by atoms with Gasteiger partial charge in [-0.15, -0.1) is 0 Å². The first-order chi connectivity index (χ1) is 6.77. The minimum absolute atomic E-state index is 0.106. The predicted molar refractivity (Wildman–Crippen MR) is 58.4 cm³/mol. The Balaban J connectivity index is 4.43. The fourth-order valence-corrected chi connectivity index (χ4v) is 1.10. The van der Waals surface area contributed by atoms with Crippen molar-refractivity contribution in [3.8, 4) is 0 Å². The molecule has 0 aromatic carbocycles. The quantitative estimate of drug-likeness (QED) is 0.730. The summed E-state index contributed by atoms with van der Waals surface area (Å²) in [5, 5.41) is 11.5. The Morgan fingerprint density at radius 2 is 1.47 bits per heavy atom. The van der Waals surface area contributed by atoms with Gasteiger partial charge in [-0.1, -0.05) is 34.6 Å². The first-order valence-electron chi connectivity index (χ1n) is 5.30. The van der Waals surface area contributed by atoms with Crippen molar-refractivity contribution in [3.05, 3.63) is 0 Å². The molecule has 0 aromatic rings. The summed E-state index contributed by atoms with van der Waals surface area (Å²) in [6, 6.07) is -0.793. The molecule has 0 bridgehead atoms. The van der Waals surface area contributed by atoms with Gasteiger partial charge in [0.2, 0.25) is 5.91 Å². The molecule has 0 saturated carbocycles. The molecule has 0 heterocycles. The number of hydrogen-bond acceptors (Lipinski definition) is 2. The monoisotopic (exact) mass is 215 g/mol. The molecule has 0 radical (unpaired) electrons. The summed E-state index contributed by atoms with van der Waals surface area (Å²) in [7, 11) is 0. The maximum atomic E-state index is 11.6. The Labute approximate surface area is 91.1 Å². The van der Waals surface area contributed by atoms with Crippen molar-refractivity contribution in [1.82, 2.24) is 5.32 Å². The van der Waals surface area contributed by atoms with E-state index in [1.54, 1.807) is 20.8 Å². The molecule has 0 aliphatic heterocycles. The van der Waals surface area contributed by atoms with Crippen LogP contribution in [0.2, 0.25) is 0 Å². The average Bonchev–Trinajstić information content (AvgIpc) is 2.11. The van der Waals surface area contributed by atoms with E-state index in [0.29, 0.717) is 0 Å². The molecule has 0 fully saturated rings. The van der Waals surface area contributed by atoms with E-state index < -0.39 is 12.0 Å². The van der Waals surface area contributed by atoms with Crippen LogP contribution in [0.1, 0.15) is 34.6 Å². The van der Waals surface area contributed by atoms with E-state index in [9.17, 15) is 9.59 Å². The molecule has 15 heavy (non-hydrogen) atoms. The van der Waals surface area contributed by atoms with Gasteiger partial charge < -0.3 is 10.4 Å². The zero-order valence-electron chi connectivity index (χ0n) is 10.1. The Morgan fingerprint density at radius 3 is 1.73 bits per heavy atom. The van der Waals surface area contributed by atoms with E-state index >= 15 is 0 Å². The number of carboxylic acid groups (broad SMARTS) is 1. The van der Waals surface area contributed by atoms with E-state index in [1.807, 2.05) is 13.8 Å². The summed E-state index contributed by atoms with van der Waals surface area (Å²) >= 11 is 0. The number of amides is 1. The molecule has 0 aliphatic carbocycles. The van der Waals surface area contributed by atoms with Gasteiger partial charge in [0.15, 0.2) is 0 Å². The van der Waals surface area contributed by atoms with Crippen LogP contribution in [0.4, 0.5) is 0 Å². The fraction of sp³-hybridized carbons (Fsp3) is 0.818. The number of carbonyl (C=O) groups is 2. The number of aliphatic carboxylic acids is 1. The third-order valence-electron chi connectivity index (χ3n) is 2.64. The number of hydrogen-bond donors (Lipinski definition) is 2. The number of nitrogens with one attached hydrogen (secondary N) is 1. The standard InChI is InChI=1S/C11H21NO3/c1-6(2)8(5)10(13)12-9(7(3)4)11(14)15/h6-9H,1-5H3,(H,12,13)(H,14,15)/t8?,9-/m0/s1. The van der Waals surface area contributed by atoms with E-state index in [4.69, 9.17) is 5.11 Å². The molecular formula is C11H21NO3. The number of carbonyl (C=O) groups excluding carboxylic acids is 1. The molecule has 0 aliphatic rings. The summed E-state index contributed by atoms with van der Waals surface area (Å²) in [5.74, 6) is -1.22. The van der Waals surface area contributed by atoms with Crippen LogP contribution in [0.5, 0.6) is 0 Å². The topological polar surface area (TPSA) is 66.4 Å². The van der Waals surface area contributed by atoms with Crippen LogP contribution in [-0.2, 0) is 9.59 Å². The van der Waals surface area contributed by atoms with Crippen LogP contribution in [0, 0.1) is 17.8 Å². The van der Waals surface area contributed by atoms with Crippen LogP contribution in [0.3, 0.4) is 0 Å². The van der Waals surface area contributed by atoms with E-state index in [2.05, 4.69) is 5.32 Å². The highest BCUT2D eigenvalue weighted by atomic mass is 16.4. The Hall–Kier alpha value is -1.06. The minimum Gasteiger partial charge on any atom is -0.480 e. The van der Waals surface area contributed by atoms with E-state index in [-0.39, 0.29) is 23.7 Å². The van der Waals surface area contributed by atoms with Gasteiger partial charge in [-0.3, -0.25) is 4.79 Å². The Morgan fingerprint density at radius 1 is 1.00 bits per heavy atom. The summed E-state index contributed by atoms with van der Waals surface area (Å²) in [6.45, 7) is 9.24. The lowest BCUT2D eigenvalue weighted by molar-refractivity contribution is -0.143. The SMILES string of the molecule is CC(C)C(C)C(=O)N[C@H](C(=O)O)C(C)C. The fourth-order valence-electron chi connectivity index (χ4n) is 1.10. The maximum absolute atomic E-state index is 11.6. The van der Waals surface area contributed by atoms with Crippen LogP contribution < -0.4 is 5.32 Å². The second-order valence-electron chi connectivity index (χ2n) is 4.60. The van der Waals surface area contributed by atoms with Gasteiger partial charge in [-0.2, -0.15) is 0 Å². The van der Waals surface area contributed by atoms with Crippen molar-refractivity contribution in [3.63, 3.8) is 0 Å². The minimum atomic E-state index is -0.977. The second-order valence-corrected chi connectivity index (χ2v) is 4.60. The third-order valence-corrected chi connectivity index (χ3v) is 2.64. The number of carboxylic acids is 1. The summed E-state index contributed by atoms with van der Waals surface area (Å²) in [5.41, 5.74) is 0. The van der Waals surface area contributed by atoms with Gasteiger partial charge >= 0.3 is 5.97 Å². The molecule has 1 amide bonds. The highest BCUT2D eigenvalue weighted by Gasteiger charge is 2.26. The first kappa shape index (κ1) is 13.9. The molecule has 2 N–H and O–H groups in total. The van der Waals surface area contributed by atoms with Gasteiger partial charge in [0.25, 0.3) is 0 Å². The third kappa shape index (κ3) is 4.32. The van der Waals surface area contributed by atoms with Crippen molar-refractivity contribution in [2.45, 2.75) is 40.7 Å². The molecule has 0 rings (SSSR count). The highest BCUT2D eigenvalue weighted by molar-refractivity contribution is 5.85. The molecule has 88 valence electrons. The Kier molecular flexibility index (Phi) is 5.33. The van der Waals surface area contributed by atoms with Crippen molar-refractivity contribution in [1.29, 1.82) is 0 Å². The van der Waals surface area contributed by atoms with Crippen LogP contribution in [-0.4, -0.2) is 23.0 Å². The average molecular weight is 215 g/mol. The van der Waals surface area contributed by atoms with Crippen LogP contribution >= 0.6 is 0 Å². The van der Waals surface area contributed by atoms with Gasteiger partial charge in [0.1, 0.15) is 6.04 Å². The Bertz CT molecular complexity index is 236. The lowest BCUT2D eigenvalue weighted by Crippen LogP contribution is -2.46. The highest BCUT2D eigenvalue weighted by Crippen LogP contribution is 2.11. The molecule has 0 saturated heterocycles. The van der Waals surface area contributed by atoms with Gasteiger partial charge in [0, 0.05) is 5.92 Å². The van der Waals surface area contributed by atoms with Crippen molar-refractivity contribution in [2.24, 2.45) is 17.8 Å². The maximum Gasteiger partial charge on any atom is 0.326 e. The summed E-state index contributed by atoms with van der Waals surface area (Å²) in [4.78, 5) is 22.5. The molecule has 1 unspecified atom stereocenters. The summed E-state index contributed by atoms with van der Waals surface area (Å²) < 4.78 is 0. The summed E-state index contributed by atoms with van der Waals surface area (Å²) in [6.07, 6.45) is 0. The van der Waals surface area contributed by atoms with Crippen molar-refractivity contribution in [2.75, 3.05) is 0 Å². The zero-order chi connectivity index (χ0) is 12.2. The molecule has 0 aromatic heterocycles. The second kappa shape index (κ2) is 5.73. The predicted octanol–water partition coefficient (Wildman–Crippen LogP) is 1.50. The first-order valence-corrected chi connectivity index (χ1v) is 5.30. The lowest BCUT2D eigenvalue weighted by atomic mass is 9.96. The van der Waals surface area contributed by atoms with Crippen molar-refractivity contribution < 1.29 is 14.7 Å². The molecule has 0 spiro atoms. The molecule has 2 atom stereocenters. The smallest absolute Gasteiger partial charge is 0.326 e. The molecule has 4 nitrogen and oxygen atoms in total. The van der Waals surface area contributed by atoms with E-state index in [1.165, 1.54) is 0 Å². The number of rotatable bonds is 5. The zero-order valence-corrected chi connectivity index (χ0v) is 10.1. The van der Waals surface area contributed by atoms with Gasteiger partial charge in [0.05, 0.1) is 0 Å². The normalized spacial score (nSPS) is 15.1. The molecule has 4 heteroatoms. The van der Waals surface area contributed by atoms with Gasteiger partial charge in [-0.25, -0.2) is 4.79 Å². The largest absolute Gasteiger partial charge is 0.480 e. The van der Waals surface area contributed by atoms with E-state index in [0.717, 1.165) is 0 Å². The van der Waals surface area contributed by atoms with Crippen LogP contribution in [0.15, 0.2) is 0 Å². The van der Waals surface area contributed by atoms with Crippen molar-refractivity contribution >= 4 is 11.9 Å².